The van der Waals surface area contributed by atoms with Gasteiger partial charge >= 0.3 is 5.97 Å². The minimum atomic E-state index is -1.02. The van der Waals surface area contributed by atoms with Gasteiger partial charge in [-0.1, -0.05) is 12.1 Å². The van der Waals surface area contributed by atoms with Crippen LogP contribution in [0.25, 0.3) is 10.8 Å². The first-order chi connectivity index (χ1) is 9.24. The first kappa shape index (κ1) is 11.6. The number of nitrogens with zero attached hydrogens (tertiary/aromatic N) is 2. The minimum absolute atomic E-state index is 0.0504. The third-order valence-corrected chi connectivity index (χ3v) is 3.40. The van der Waals surface area contributed by atoms with Crippen LogP contribution in [-0.2, 0) is 0 Å². The van der Waals surface area contributed by atoms with Crippen LogP contribution in [-0.4, -0.2) is 21.0 Å². The topological polar surface area (TPSA) is 75.1 Å². The standard InChI is InChI=1S/C13H9N3O2S/c17-12(18)11-7-19-13(16-11)15-10-3-1-2-8-6-14-5-4-9(8)10/h1-7H,(H,15,16)(H,17,18). The molecule has 0 fully saturated rings. The summed E-state index contributed by atoms with van der Waals surface area (Å²) < 4.78 is 0. The number of aromatic nitrogens is 2. The average Bonchev–Trinajstić information content (AvgIpc) is 2.88. The SMILES string of the molecule is O=C(O)c1csc(Nc2cccc3cnccc23)n1. The number of benzene rings is 1. The number of nitrogens with one attached hydrogen (secondary N) is 1. The van der Waals surface area contributed by atoms with Gasteiger partial charge in [-0.3, -0.25) is 4.98 Å². The third-order valence-electron chi connectivity index (χ3n) is 2.65. The molecule has 2 heterocycles. The Kier molecular flexibility index (Phi) is 2.85. The second-order valence-electron chi connectivity index (χ2n) is 3.87. The number of fused-ring (bicyclic) bond motifs is 1. The van der Waals surface area contributed by atoms with E-state index in [1.165, 1.54) is 16.7 Å². The molecular formula is C13H9N3O2S. The zero-order chi connectivity index (χ0) is 13.2. The van der Waals surface area contributed by atoms with Crippen LogP contribution in [0.5, 0.6) is 0 Å². The quantitative estimate of drug-likeness (QED) is 0.765. The van der Waals surface area contributed by atoms with E-state index in [9.17, 15) is 4.79 Å². The summed E-state index contributed by atoms with van der Waals surface area (Å²) in [5.74, 6) is -1.02. The largest absolute Gasteiger partial charge is 0.476 e. The Balaban J connectivity index is 1.98. The van der Waals surface area contributed by atoms with E-state index >= 15 is 0 Å². The molecule has 6 heteroatoms. The number of hydrogen-bond acceptors (Lipinski definition) is 5. The van der Waals surface area contributed by atoms with E-state index in [2.05, 4.69) is 15.3 Å². The van der Waals surface area contributed by atoms with Crippen LogP contribution in [0.15, 0.2) is 42.0 Å². The number of carbonyl (C=O) groups is 1. The van der Waals surface area contributed by atoms with Crippen LogP contribution in [0.3, 0.4) is 0 Å². The van der Waals surface area contributed by atoms with E-state index in [4.69, 9.17) is 5.11 Å². The number of pyridine rings is 1. The summed E-state index contributed by atoms with van der Waals surface area (Å²) in [5.41, 5.74) is 0.931. The number of hydrogen-bond donors (Lipinski definition) is 2. The lowest BCUT2D eigenvalue weighted by atomic mass is 10.1. The van der Waals surface area contributed by atoms with Gasteiger partial charge in [-0.25, -0.2) is 9.78 Å². The lowest BCUT2D eigenvalue weighted by Gasteiger charge is -2.06. The Morgan fingerprint density at radius 2 is 2.21 bits per heavy atom. The molecule has 0 aliphatic heterocycles. The summed E-state index contributed by atoms with van der Waals surface area (Å²) in [6, 6.07) is 7.71. The molecule has 2 aromatic heterocycles. The van der Waals surface area contributed by atoms with Gasteiger partial charge in [-0.05, 0) is 12.1 Å². The normalized spacial score (nSPS) is 10.5. The molecule has 0 atom stereocenters. The molecule has 0 spiro atoms. The lowest BCUT2D eigenvalue weighted by Crippen LogP contribution is -1.97. The molecule has 0 amide bonds. The van der Waals surface area contributed by atoms with Crippen molar-refractivity contribution in [3.63, 3.8) is 0 Å². The van der Waals surface area contributed by atoms with E-state index in [1.54, 1.807) is 12.4 Å². The van der Waals surface area contributed by atoms with Crippen LogP contribution < -0.4 is 5.32 Å². The van der Waals surface area contributed by atoms with Crippen molar-refractivity contribution in [3.8, 4) is 0 Å². The van der Waals surface area contributed by atoms with Crippen molar-refractivity contribution in [2.75, 3.05) is 5.32 Å². The lowest BCUT2D eigenvalue weighted by molar-refractivity contribution is 0.0691. The van der Waals surface area contributed by atoms with Gasteiger partial charge in [-0.15, -0.1) is 11.3 Å². The highest BCUT2D eigenvalue weighted by Gasteiger charge is 2.09. The molecule has 94 valence electrons. The smallest absolute Gasteiger partial charge is 0.355 e. The molecule has 5 nitrogen and oxygen atoms in total. The van der Waals surface area contributed by atoms with Gasteiger partial charge in [0.15, 0.2) is 10.8 Å². The Morgan fingerprint density at radius 1 is 1.32 bits per heavy atom. The fourth-order valence-electron chi connectivity index (χ4n) is 1.78. The highest BCUT2D eigenvalue weighted by atomic mass is 32.1. The zero-order valence-corrected chi connectivity index (χ0v) is 10.5. The Labute approximate surface area is 112 Å². The summed E-state index contributed by atoms with van der Waals surface area (Å²) in [6.07, 6.45) is 3.50. The summed E-state index contributed by atoms with van der Waals surface area (Å²) in [5, 5.41) is 16.1. The second kappa shape index (κ2) is 4.66. The van der Waals surface area contributed by atoms with Crippen molar-refractivity contribution in [1.29, 1.82) is 0 Å². The van der Waals surface area contributed by atoms with Gasteiger partial charge in [0.1, 0.15) is 0 Å². The number of aromatic carboxylic acids is 1. The van der Waals surface area contributed by atoms with Crippen molar-refractivity contribution in [2.45, 2.75) is 0 Å². The molecule has 3 rings (SSSR count). The Hall–Kier alpha value is -2.47. The van der Waals surface area contributed by atoms with Crippen molar-refractivity contribution >= 4 is 38.9 Å². The van der Waals surface area contributed by atoms with Crippen molar-refractivity contribution in [2.24, 2.45) is 0 Å². The maximum absolute atomic E-state index is 10.8. The molecule has 0 radical (unpaired) electrons. The first-order valence-corrected chi connectivity index (χ1v) is 6.40. The van der Waals surface area contributed by atoms with E-state index in [0.29, 0.717) is 5.13 Å². The van der Waals surface area contributed by atoms with Crippen molar-refractivity contribution in [3.05, 3.63) is 47.7 Å². The number of anilines is 2. The average molecular weight is 271 g/mol. The molecule has 0 unspecified atom stereocenters. The number of rotatable bonds is 3. The van der Waals surface area contributed by atoms with Gasteiger partial charge in [0.2, 0.25) is 0 Å². The number of carboxylic acid groups (broad SMARTS) is 1. The maximum Gasteiger partial charge on any atom is 0.355 e. The van der Waals surface area contributed by atoms with Crippen LogP contribution in [0.2, 0.25) is 0 Å². The van der Waals surface area contributed by atoms with Gasteiger partial charge in [0.25, 0.3) is 0 Å². The molecule has 0 aliphatic rings. The van der Waals surface area contributed by atoms with E-state index < -0.39 is 5.97 Å². The summed E-state index contributed by atoms with van der Waals surface area (Å²) in [4.78, 5) is 18.9. The second-order valence-corrected chi connectivity index (χ2v) is 4.73. The van der Waals surface area contributed by atoms with Crippen molar-refractivity contribution in [1.82, 2.24) is 9.97 Å². The van der Waals surface area contributed by atoms with Crippen molar-refractivity contribution < 1.29 is 9.90 Å². The maximum atomic E-state index is 10.8. The molecule has 0 aliphatic carbocycles. The summed E-state index contributed by atoms with van der Waals surface area (Å²) >= 11 is 1.26. The van der Waals surface area contributed by atoms with Crippen LogP contribution in [0.4, 0.5) is 10.8 Å². The first-order valence-electron chi connectivity index (χ1n) is 5.52. The highest BCUT2D eigenvalue weighted by Crippen LogP contribution is 2.27. The Bertz CT molecular complexity index is 749. The van der Waals surface area contributed by atoms with E-state index in [0.717, 1.165) is 16.5 Å². The predicted octanol–water partition coefficient (Wildman–Crippen LogP) is 3.13. The van der Waals surface area contributed by atoms with E-state index in [1.807, 2.05) is 24.3 Å². The van der Waals surface area contributed by atoms with Crippen LogP contribution in [0, 0.1) is 0 Å². The number of carboxylic acids is 1. The van der Waals surface area contributed by atoms with Crippen LogP contribution in [0.1, 0.15) is 10.5 Å². The fraction of sp³-hybridized carbons (Fsp3) is 0. The molecule has 19 heavy (non-hydrogen) atoms. The fourth-order valence-corrected chi connectivity index (χ4v) is 2.47. The van der Waals surface area contributed by atoms with Gasteiger partial charge in [0, 0.05) is 34.2 Å². The zero-order valence-electron chi connectivity index (χ0n) is 9.70. The molecule has 1 aromatic carbocycles. The molecule has 0 bridgehead atoms. The number of thiazole rings is 1. The molecule has 3 aromatic rings. The van der Waals surface area contributed by atoms with Gasteiger partial charge in [-0.2, -0.15) is 0 Å². The molecular weight excluding hydrogens is 262 g/mol. The third kappa shape index (κ3) is 2.25. The Morgan fingerprint density at radius 3 is 3.00 bits per heavy atom. The van der Waals surface area contributed by atoms with Gasteiger partial charge in [0.05, 0.1) is 0 Å². The van der Waals surface area contributed by atoms with Crippen LogP contribution >= 0.6 is 11.3 Å². The highest BCUT2D eigenvalue weighted by molar-refractivity contribution is 7.14. The predicted molar refractivity (Wildman–Crippen MR) is 74.1 cm³/mol. The minimum Gasteiger partial charge on any atom is -0.476 e. The molecule has 2 N–H and O–H groups in total. The molecule has 0 saturated heterocycles. The molecule has 0 saturated carbocycles. The monoisotopic (exact) mass is 271 g/mol. The summed E-state index contributed by atoms with van der Waals surface area (Å²) in [7, 11) is 0. The summed E-state index contributed by atoms with van der Waals surface area (Å²) in [6.45, 7) is 0. The van der Waals surface area contributed by atoms with E-state index in [-0.39, 0.29) is 5.69 Å². The van der Waals surface area contributed by atoms with Gasteiger partial charge < -0.3 is 10.4 Å².